The summed E-state index contributed by atoms with van der Waals surface area (Å²) in [5, 5.41) is 0. The van der Waals surface area contributed by atoms with Crippen molar-refractivity contribution in [1.82, 2.24) is 4.98 Å². The minimum atomic E-state index is 0.547. The van der Waals surface area contributed by atoms with E-state index >= 15 is 0 Å². The van der Waals surface area contributed by atoms with Crippen LogP contribution in [-0.2, 0) is 0 Å². The highest BCUT2D eigenvalue weighted by atomic mass is 15.2. The number of aromatic nitrogens is 1. The van der Waals surface area contributed by atoms with Gasteiger partial charge in [0.2, 0.25) is 0 Å². The Morgan fingerprint density at radius 3 is 2.60 bits per heavy atom. The summed E-state index contributed by atoms with van der Waals surface area (Å²) in [4.78, 5) is 6.76. The Bertz CT molecular complexity index is 327. The molecule has 0 bridgehead atoms. The zero-order valence-corrected chi connectivity index (χ0v) is 9.48. The second-order valence-corrected chi connectivity index (χ2v) is 4.45. The molecule has 2 atom stereocenters. The van der Waals surface area contributed by atoms with Crippen LogP contribution in [0.25, 0.3) is 0 Å². The highest BCUT2D eigenvalue weighted by molar-refractivity contribution is 5.63. The zero-order chi connectivity index (χ0) is 10.8. The van der Waals surface area contributed by atoms with Crippen molar-refractivity contribution in [3.05, 3.63) is 18.3 Å². The van der Waals surface area contributed by atoms with Crippen LogP contribution in [0.2, 0.25) is 0 Å². The van der Waals surface area contributed by atoms with Crippen LogP contribution in [-0.4, -0.2) is 17.1 Å². The van der Waals surface area contributed by atoms with Crippen LogP contribution in [0.4, 0.5) is 11.5 Å². The standard InChI is InChI=1S/C12H19N3/c1-9-5-3-6-10(2)15(9)12-11(13)7-4-8-14-12/h4,7-10H,3,5-6,13H2,1-2H3. The summed E-state index contributed by atoms with van der Waals surface area (Å²) in [7, 11) is 0. The number of piperidine rings is 1. The van der Waals surface area contributed by atoms with E-state index in [-0.39, 0.29) is 0 Å². The molecule has 1 aliphatic heterocycles. The molecule has 0 radical (unpaired) electrons. The van der Waals surface area contributed by atoms with Crippen LogP contribution in [0.5, 0.6) is 0 Å². The van der Waals surface area contributed by atoms with Crippen molar-refractivity contribution in [3.63, 3.8) is 0 Å². The lowest BCUT2D eigenvalue weighted by Crippen LogP contribution is -2.44. The Balaban J connectivity index is 2.31. The van der Waals surface area contributed by atoms with Gasteiger partial charge < -0.3 is 10.6 Å². The third-order valence-electron chi connectivity index (χ3n) is 3.25. The van der Waals surface area contributed by atoms with E-state index in [2.05, 4.69) is 23.7 Å². The molecule has 0 aliphatic carbocycles. The van der Waals surface area contributed by atoms with Gasteiger partial charge in [-0.1, -0.05) is 0 Å². The number of pyridine rings is 1. The molecule has 1 fully saturated rings. The third-order valence-corrected chi connectivity index (χ3v) is 3.25. The average Bonchev–Trinajstić information content (AvgIpc) is 2.20. The van der Waals surface area contributed by atoms with Crippen molar-refractivity contribution in [1.29, 1.82) is 0 Å². The molecule has 2 rings (SSSR count). The fourth-order valence-electron chi connectivity index (χ4n) is 2.46. The maximum absolute atomic E-state index is 5.97. The van der Waals surface area contributed by atoms with Gasteiger partial charge in [0, 0.05) is 18.3 Å². The van der Waals surface area contributed by atoms with Crippen molar-refractivity contribution in [2.24, 2.45) is 0 Å². The topological polar surface area (TPSA) is 42.2 Å². The Labute approximate surface area is 91.3 Å². The van der Waals surface area contributed by atoms with E-state index in [9.17, 15) is 0 Å². The molecule has 2 heterocycles. The summed E-state index contributed by atoms with van der Waals surface area (Å²) in [6.07, 6.45) is 5.60. The van der Waals surface area contributed by atoms with E-state index in [1.165, 1.54) is 19.3 Å². The van der Waals surface area contributed by atoms with Crippen LogP contribution in [0, 0.1) is 0 Å². The fraction of sp³-hybridized carbons (Fsp3) is 0.583. The molecule has 0 aromatic carbocycles. The first-order chi connectivity index (χ1) is 7.20. The summed E-state index contributed by atoms with van der Waals surface area (Å²) < 4.78 is 0. The van der Waals surface area contributed by atoms with Crippen LogP contribution >= 0.6 is 0 Å². The molecular weight excluding hydrogens is 186 g/mol. The summed E-state index contributed by atoms with van der Waals surface area (Å²) in [5.41, 5.74) is 6.76. The molecule has 2 N–H and O–H groups in total. The number of nitrogens with two attached hydrogens (primary N) is 1. The maximum Gasteiger partial charge on any atom is 0.152 e. The van der Waals surface area contributed by atoms with Gasteiger partial charge in [-0.2, -0.15) is 0 Å². The number of anilines is 2. The SMILES string of the molecule is CC1CCCC(C)N1c1ncccc1N. The second kappa shape index (κ2) is 4.09. The molecule has 15 heavy (non-hydrogen) atoms. The van der Waals surface area contributed by atoms with Crippen molar-refractivity contribution in [3.8, 4) is 0 Å². The lowest BCUT2D eigenvalue weighted by atomic mass is 9.97. The van der Waals surface area contributed by atoms with E-state index in [1.807, 2.05) is 18.3 Å². The maximum atomic E-state index is 5.97. The van der Waals surface area contributed by atoms with E-state index in [0.717, 1.165) is 11.5 Å². The first-order valence-corrected chi connectivity index (χ1v) is 5.69. The van der Waals surface area contributed by atoms with Crippen molar-refractivity contribution in [2.45, 2.75) is 45.2 Å². The predicted molar refractivity (Wildman–Crippen MR) is 63.9 cm³/mol. The highest BCUT2D eigenvalue weighted by Gasteiger charge is 2.26. The molecule has 3 heteroatoms. The third kappa shape index (κ3) is 1.91. The van der Waals surface area contributed by atoms with Gasteiger partial charge in [0.25, 0.3) is 0 Å². The molecule has 1 aromatic heterocycles. The molecule has 3 nitrogen and oxygen atoms in total. The summed E-state index contributed by atoms with van der Waals surface area (Å²) in [6.45, 7) is 4.51. The molecule has 1 saturated heterocycles. The van der Waals surface area contributed by atoms with E-state index < -0.39 is 0 Å². The zero-order valence-electron chi connectivity index (χ0n) is 9.48. The molecule has 0 spiro atoms. The summed E-state index contributed by atoms with van der Waals surface area (Å²) in [6, 6.07) is 4.91. The van der Waals surface area contributed by atoms with Gasteiger partial charge in [-0.05, 0) is 45.2 Å². The average molecular weight is 205 g/mol. The largest absolute Gasteiger partial charge is 0.396 e. The van der Waals surface area contributed by atoms with E-state index in [1.54, 1.807) is 0 Å². The van der Waals surface area contributed by atoms with E-state index in [4.69, 9.17) is 5.73 Å². The Morgan fingerprint density at radius 1 is 1.33 bits per heavy atom. The quantitative estimate of drug-likeness (QED) is 0.765. The monoisotopic (exact) mass is 205 g/mol. The summed E-state index contributed by atoms with van der Waals surface area (Å²) >= 11 is 0. The summed E-state index contributed by atoms with van der Waals surface area (Å²) in [5.74, 6) is 0.956. The van der Waals surface area contributed by atoms with Gasteiger partial charge in [0.1, 0.15) is 0 Å². The van der Waals surface area contributed by atoms with E-state index in [0.29, 0.717) is 12.1 Å². The minimum Gasteiger partial charge on any atom is -0.396 e. The smallest absolute Gasteiger partial charge is 0.152 e. The Kier molecular flexibility index (Phi) is 2.80. The van der Waals surface area contributed by atoms with Crippen molar-refractivity contribution in [2.75, 3.05) is 10.6 Å². The van der Waals surface area contributed by atoms with Crippen molar-refractivity contribution >= 4 is 11.5 Å². The second-order valence-electron chi connectivity index (χ2n) is 4.45. The molecule has 2 unspecified atom stereocenters. The minimum absolute atomic E-state index is 0.547. The Morgan fingerprint density at radius 2 is 2.00 bits per heavy atom. The van der Waals surface area contributed by atoms with Crippen molar-refractivity contribution < 1.29 is 0 Å². The molecule has 82 valence electrons. The number of rotatable bonds is 1. The molecule has 1 aliphatic rings. The molecule has 0 saturated carbocycles. The normalized spacial score (nSPS) is 26.7. The van der Waals surface area contributed by atoms with Gasteiger partial charge >= 0.3 is 0 Å². The molecule has 0 amide bonds. The van der Waals surface area contributed by atoms with Gasteiger partial charge in [0.05, 0.1) is 5.69 Å². The molecule has 1 aromatic rings. The number of nitrogen functional groups attached to an aromatic ring is 1. The number of nitrogens with zero attached hydrogens (tertiary/aromatic N) is 2. The first-order valence-electron chi connectivity index (χ1n) is 5.69. The van der Waals surface area contributed by atoms with Gasteiger partial charge in [-0.3, -0.25) is 0 Å². The molecular formula is C12H19N3. The fourth-order valence-corrected chi connectivity index (χ4v) is 2.46. The highest BCUT2D eigenvalue weighted by Crippen LogP contribution is 2.30. The lowest BCUT2D eigenvalue weighted by molar-refractivity contribution is 0.411. The van der Waals surface area contributed by atoms with Crippen LogP contribution < -0.4 is 10.6 Å². The van der Waals surface area contributed by atoms with Gasteiger partial charge in [-0.25, -0.2) is 4.98 Å². The Hall–Kier alpha value is -1.25. The first kappa shape index (κ1) is 10.3. The van der Waals surface area contributed by atoms with Crippen LogP contribution in [0.3, 0.4) is 0 Å². The number of hydrogen-bond donors (Lipinski definition) is 1. The van der Waals surface area contributed by atoms with Crippen LogP contribution in [0.15, 0.2) is 18.3 Å². The lowest BCUT2D eigenvalue weighted by Gasteiger charge is -2.40. The van der Waals surface area contributed by atoms with Gasteiger partial charge in [0.15, 0.2) is 5.82 Å². The predicted octanol–water partition coefficient (Wildman–Crippen LogP) is 2.43. The number of hydrogen-bond acceptors (Lipinski definition) is 3. The van der Waals surface area contributed by atoms with Crippen LogP contribution in [0.1, 0.15) is 33.1 Å². The van der Waals surface area contributed by atoms with Gasteiger partial charge in [-0.15, -0.1) is 0 Å².